The standard InChI is InChI=1S/C24H22ClN3O4S/c1-3-4-13-32-18-11-7-16(8-12-18)21(29)19-20(15-5-9-17(25)10-6-15)28(23(31)22(19)30)24-27-26-14(2)33-24/h5-12,20,29H,3-4,13H2,1-2H3. The third kappa shape index (κ3) is 4.62. The van der Waals surface area contributed by atoms with Crippen LogP contribution in [0.4, 0.5) is 5.13 Å². The van der Waals surface area contributed by atoms with Crippen LogP contribution in [0.1, 0.15) is 41.9 Å². The highest BCUT2D eigenvalue weighted by Gasteiger charge is 2.48. The van der Waals surface area contributed by atoms with Gasteiger partial charge in [-0.2, -0.15) is 0 Å². The predicted molar refractivity (Wildman–Crippen MR) is 128 cm³/mol. The van der Waals surface area contributed by atoms with Crippen molar-refractivity contribution < 1.29 is 19.4 Å². The largest absolute Gasteiger partial charge is 0.507 e. The van der Waals surface area contributed by atoms with Gasteiger partial charge in [0.2, 0.25) is 5.13 Å². The quantitative estimate of drug-likeness (QED) is 0.212. The molecule has 2 aromatic carbocycles. The van der Waals surface area contributed by atoms with Gasteiger partial charge in [-0.3, -0.25) is 14.5 Å². The summed E-state index contributed by atoms with van der Waals surface area (Å²) in [4.78, 5) is 27.4. The molecule has 1 saturated heterocycles. The number of carbonyl (C=O) groups is 2. The van der Waals surface area contributed by atoms with Gasteiger partial charge in [0.1, 0.15) is 16.5 Å². The second-order valence-corrected chi connectivity index (χ2v) is 9.15. The van der Waals surface area contributed by atoms with Gasteiger partial charge in [-0.25, -0.2) is 0 Å². The van der Waals surface area contributed by atoms with Gasteiger partial charge in [-0.1, -0.05) is 48.4 Å². The van der Waals surface area contributed by atoms with Crippen molar-refractivity contribution in [2.75, 3.05) is 11.5 Å². The van der Waals surface area contributed by atoms with Gasteiger partial charge in [0, 0.05) is 10.6 Å². The Labute approximate surface area is 200 Å². The number of anilines is 1. The van der Waals surface area contributed by atoms with Gasteiger partial charge in [0.25, 0.3) is 5.78 Å². The summed E-state index contributed by atoms with van der Waals surface area (Å²) >= 11 is 7.24. The molecule has 1 atom stereocenters. The molecule has 4 rings (SSSR count). The molecular formula is C24H22ClN3O4S. The van der Waals surface area contributed by atoms with Crippen molar-refractivity contribution in [3.05, 3.63) is 75.3 Å². The number of aryl methyl sites for hydroxylation is 1. The molecule has 1 fully saturated rings. The summed E-state index contributed by atoms with van der Waals surface area (Å²) in [6.45, 7) is 4.45. The van der Waals surface area contributed by atoms with Crippen molar-refractivity contribution in [1.82, 2.24) is 10.2 Å². The SMILES string of the molecule is CCCCOc1ccc(C(O)=C2C(=O)C(=O)N(c3nnc(C)s3)C2c2ccc(Cl)cc2)cc1. The molecule has 7 nitrogen and oxygen atoms in total. The average Bonchev–Trinajstić information content (AvgIpc) is 3.35. The Balaban J connectivity index is 1.78. The number of rotatable bonds is 7. The van der Waals surface area contributed by atoms with E-state index in [1.54, 1.807) is 55.5 Å². The number of aromatic nitrogens is 2. The number of unbranched alkanes of at least 4 members (excludes halogenated alkanes) is 1. The molecule has 1 amide bonds. The van der Waals surface area contributed by atoms with Crippen LogP contribution in [0, 0.1) is 6.92 Å². The van der Waals surface area contributed by atoms with Crippen LogP contribution in [-0.4, -0.2) is 33.6 Å². The minimum Gasteiger partial charge on any atom is -0.507 e. The highest BCUT2D eigenvalue weighted by atomic mass is 35.5. The first kappa shape index (κ1) is 22.9. The van der Waals surface area contributed by atoms with Crippen molar-refractivity contribution in [1.29, 1.82) is 0 Å². The van der Waals surface area contributed by atoms with Gasteiger partial charge >= 0.3 is 5.91 Å². The number of Topliss-reactive ketones (excluding diaryl/α,β-unsaturated/α-hetero) is 1. The van der Waals surface area contributed by atoms with E-state index in [1.807, 2.05) is 0 Å². The lowest BCUT2D eigenvalue weighted by Crippen LogP contribution is -2.29. The monoisotopic (exact) mass is 483 g/mol. The van der Waals surface area contributed by atoms with Crippen LogP contribution in [0.3, 0.4) is 0 Å². The summed E-state index contributed by atoms with van der Waals surface area (Å²) in [7, 11) is 0. The minimum atomic E-state index is -0.866. The number of aliphatic hydroxyl groups excluding tert-OH is 1. The van der Waals surface area contributed by atoms with Crippen molar-refractivity contribution in [2.45, 2.75) is 32.7 Å². The Morgan fingerprint density at radius 1 is 1.12 bits per heavy atom. The number of hydrogen-bond donors (Lipinski definition) is 1. The maximum Gasteiger partial charge on any atom is 0.301 e. The van der Waals surface area contributed by atoms with E-state index in [1.165, 1.54) is 16.2 Å². The van der Waals surface area contributed by atoms with E-state index in [4.69, 9.17) is 16.3 Å². The van der Waals surface area contributed by atoms with Crippen molar-refractivity contribution in [2.24, 2.45) is 0 Å². The number of carbonyl (C=O) groups excluding carboxylic acids is 2. The van der Waals surface area contributed by atoms with E-state index >= 15 is 0 Å². The minimum absolute atomic E-state index is 0.0187. The number of ketones is 1. The third-order valence-electron chi connectivity index (χ3n) is 5.25. The van der Waals surface area contributed by atoms with Crippen molar-refractivity contribution in [3.8, 4) is 5.75 Å². The van der Waals surface area contributed by atoms with Crippen LogP contribution in [0.5, 0.6) is 5.75 Å². The highest BCUT2D eigenvalue weighted by molar-refractivity contribution is 7.15. The van der Waals surface area contributed by atoms with Gasteiger partial charge in [-0.15, -0.1) is 10.2 Å². The lowest BCUT2D eigenvalue weighted by atomic mass is 9.95. The van der Waals surface area contributed by atoms with E-state index < -0.39 is 17.7 Å². The number of amides is 1. The molecule has 1 aromatic heterocycles. The Bertz CT molecular complexity index is 1210. The van der Waals surface area contributed by atoms with E-state index in [2.05, 4.69) is 17.1 Å². The molecule has 0 aliphatic carbocycles. The molecule has 1 aliphatic heterocycles. The van der Waals surface area contributed by atoms with Gasteiger partial charge in [-0.05, 0) is 55.3 Å². The number of halogens is 1. The number of aliphatic hydroxyl groups is 1. The predicted octanol–water partition coefficient (Wildman–Crippen LogP) is 5.31. The molecule has 3 aromatic rings. The summed E-state index contributed by atoms with van der Waals surface area (Å²) in [5.41, 5.74) is 1.01. The third-order valence-corrected chi connectivity index (χ3v) is 6.34. The zero-order valence-corrected chi connectivity index (χ0v) is 19.7. The smallest absolute Gasteiger partial charge is 0.301 e. The van der Waals surface area contributed by atoms with E-state index in [0.717, 1.165) is 12.8 Å². The zero-order chi connectivity index (χ0) is 23.5. The molecule has 0 radical (unpaired) electrons. The van der Waals surface area contributed by atoms with Gasteiger partial charge in [0.15, 0.2) is 0 Å². The second kappa shape index (κ2) is 9.72. The maximum absolute atomic E-state index is 13.1. The fraction of sp³-hybridized carbons (Fsp3) is 0.250. The van der Waals surface area contributed by atoms with Crippen LogP contribution in [0.15, 0.2) is 54.1 Å². The Morgan fingerprint density at radius 3 is 2.42 bits per heavy atom. The Hall–Kier alpha value is -3.23. The molecule has 0 spiro atoms. The lowest BCUT2D eigenvalue weighted by molar-refractivity contribution is -0.132. The average molecular weight is 484 g/mol. The summed E-state index contributed by atoms with van der Waals surface area (Å²) in [6.07, 6.45) is 1.97. The van der Waals surface area contributed by atoms with E-state index in [0.29, 0.717) is 33.5 Å². The molecule has 0 bridgehead atoms. The molecule has 9 heteroatoms. The van der Waals surface area contributed by atoms with Gasteiger partial charge < -0.3 is 9.84 Å². The van der Waals surface area contributed by atoms with E-state index in [-0.39, 0.29) is 16.5 Å². The molecule has 33 heavy (non-hydrogen) atoms. The number of ether oxygens (including phenoxy) is 1. The summed E-state index contributed by atoms with van der Waals surface area (Å²) < 4.78 is 5.67. The fourth-order valence-corrected chi connectivity index (χ4v) is 4.41. The molecule has 170 valence electrons. The van der Waals surface area contributed by atoms with Crippen molar-refractivity contribution >= 4 is 45.5 Å². The Kier molecular flexibility index (Phi) is 6.76. The molecule has 1 aliphatic rings. The lowest BCUT2D eigenvalue weighted by Gasteiger charge is -2.22. The summed E-state index contributed by atoms with van der Waals surface area (Å²) in [5.74, 6) is -1.16. The van der Waals surface area contributed by atoms with Crippen LogP contribution in [0.25, 0.3) is 5.76 Å². The Morgan fingerprint density at radius 2 is 1.82 bits per heavy atom. The summed E-state index contributed by atoms with van der Waals surface area (Å²) in [6, 6.07) is 12.7. The maximum atomic E-state index is 13.1. The van der Waals surface area contributed by atoms with Crippen LogP contribution in [0.2, 0.25) is 5.02 Å². The molecule has 1 N–H and O–H groups in total. The van der Waals surface area contributed by atoms with Crippen molar-refractivity contribution in [3.63, 3.8) is 0 Å². The highest BCUT2D eigenvalue weighted by Crippen LogP contribution is 2.43. The normalized spacial score (nSPS) is 17.5. The first-order chi connectivity index (χ1) is 15.9. The summed E-state index contributed by atoms with van der Waals surface area (Å²) in [5, 5.41) is 20.6. The molecule has 1 unspecified atom stereocenters. The molecular weight excluding hydrogens is 462 g/mol. The molecule has 0 saturated carbocycles. The van der Waals surface area contributed by atoms with Crippen LogP contribution in [-0.2, 0) is 9.59 Å². The molecule has 2 heterocycles. The second-order valence-electron chi connectivity index (χ2n) is 7.55. The van der Waals surface area contributed by atoms with Crippen LogP contribution >= 0.6 is 22.9 Å². The van der Waals surface area contributed by atoms with Crippen LogP contribution < -0.4 is 9.64 Å². The number of benzene rings is 2. The number of hydrogen-bond acceptors (Lipinski definition) is 7. The van der Waals surface area contributed by atoms with E-state index in [9.17, 15) is 14.7 Å². The first-order valence-electron chi connectivity index (χ1n) is 10.5. The topological polar surface area (TPSA) is 92.6 Å². The fourth-order valence-electron chi connectivity index (χ4n) is 3.57. The number of nitrogens with zero attached hydrogens (tertiary/aromatic N) is 3. The van der Waals surface area contributed by atoms with Gasteiger partial charge in [0.05, 0.1) is 18.2 Å². The first-order valence-corrected chi connectivity index (χ1v) is 11.7. The zero-order valence-electron chi connectivity index (χ0n) is 18.1.